The van der Waals surface area contributed by atoms with Crippen LogP contribution in [0.3, 0.4) is 0 Å². The molecule has 21 heavy (non-hydrogen) atoms. The summed E-state index contributed by atoms with van der Waals surface area (Å²) in [4.78, 5) is 7.86. The van der Waals surface area contributed by atoms with Gasteiger partial charge in [0.2, 0.25) is 0 Å². The molecule has 2 N–H and O–H groups in total. The first-order chi connectivity index (χ1) is 9.96. The summed E-state index contributed by atoms with van der Waals surface area (Å²) in [6, 6.07) is 2.21. The van der Waals surface area contributed by atoms with E-state index in [1.807, 2.05) is 0 Å². The predicted octanol–water partition coefficient (Wildman–Crippen LogP) is 3.22. The normalized spacial score (nSPS) is 21.0. The SMILES string of the molecule is CC1(C)CCCN(c2nc3c(cc2C(N)=S)CCCC3)C1. The molecular weight excluding hydrogens is 278 g/mol. The summed E-state index contributed by atoms with van der Waals surface area (Å²) in [6.45, 7) is 6.76. The molecule has 0 aromatic carbocycles. The van der Waals surface area contributed by atoms with Crippen molar-refractivity contribution in [2.45, 2.75) is 52.4 Å². The number of hydrogen-bond acceptors (Lipinski definition) is 3. The predicted molar refractivity (Wildman–Crippen MR) is 92.0 cm³/mol. The number of nitrogens with zero attached hydrogens (tertiary/aromatic N) is 2. The van der Waals surface area contributed by atoms with Gasteiger partial charge in [-0.2, -0.15) is 0 Å². The van der Waals surface area contributed by atoms with E-state index in [-0.39, 0.29) is 0 Å². The second-order valence-corrected chi connectivity index (χ2v) is 7.67. The van der Waals surface area contributed by atoms with Gasteiger partial charge in [0.25, 0.3) is 0 Å². The van der Waals surface area contributed by atoms with Crippen LogP contribution in [0.25, 0.3) is 0 Å². The minimum atomic E-state index is 0.337. The molecule has 4 heteroatoms. The fourth-order valence-corrected chi connectivity index (χ4v) is 3.80. The highest BCUT2D eigenvalue weighted by atomic mass is 32.1. The molecule has 0 spiro atoms. The van der Waals surface area contributed by atoms with Gasteiger partial charge >= 0.3 is 0 Å². The summed E-state index contributed by atoms with van der Waals surface area (Å²) < 4.78 is 0. The van der Waals surface area contributed by atoms with Crippen molar-refractivity contribution in [2.24, 2.45) is 11.1 Å². The van der Waals surface area contributed by atoms with Gasteiger partial charge in [0.1, 0.15) is 10.8 Å². The number of anilines is 1. The van der Waals surface area contributed by atoms with E-state index >= 15 is 0 Å². The quantitative estimate of drug-likeness (QED) is 0.852. The molecule has 0 atom stereocenters. The van der Waals surface area contributed by atoms with Gasteiger partial charge in [-0.15, -0.1) is 0 Å². The average molecular weight is 303 g/mol. The van der Waals surface area contributed by atoms with E-state index < -0.39 is 0 Å². The van der Waals surface area contributed by atoms with E-state index in [1.165, 1.54) is 36.9 Å². The molecule has 1 aliphatic heterocycles. The lowest BCUT2D eigenvalue weighted by molar-refractivity contribution is 0.292. The van der Waals surface area contributed by atoms with Gasteiger partial charge in [-0.1, -0.05) is 26.1 Å². The summed E-state index contributed by atoms with van der Waals surface area (Å²) in [5, 5.41) is 0. The van der Waals surface area contributed by atoms with Crippen LogP contribution in [0.1, 0.15) is 56.4 Å². The molecule has 3 nitrogen and oxygen atoms in total. The van der Waals surface area contributed by atoms with Gasteiger partial charge in [0.15, 0.2) is 0 Å². The third-order valence-electron chi connectivity index (χ3n) is 4.75. The van der Waals surface area contributed by atoms with Gasteiger partial charge in [-0.05, 0) is 55.6 Å². The third kappa shape index (κ3) is 3.05. The highest BCUT2D eigenvalue weighted by molar-refractivity contribution is 7.80. The zero-order valence-corrected chi connectivity index (χ0v) is 13.9. The number of hydrogen-bond donors (Lipinski definition) is 1. The molecule has 0 saturated carbocycles. The Bertz CT molecular complexity index is 565. The Morgan fingerprint density at radius 1 is 1.29 bits per heavy atom. The maximum atomic E-state index is 5.99. The number of thiocarbonyl (C=S) groups is 1. The van der Waals surface area contributed by atoms with Crippen LogP contribution in [0.15, 0.2) is 6.07 Å². The summed E-state index contributed by atoms with van der Waals surface area (Å²) >= 11 is 5.29. The zero-order valence-electron chi connectivity index (χ0n) is 13.1. The highest BCUT2D eigenvalue weighted by Crippen LogP contribution is 2.34. The van der Waals surface area contributed by atoms with Crippen molar-refractivity contribution >= 4 is 23.0 Å². The van der Waals surface area contributed by atoms with Crippen LogP contribution in [-0.4, -0.2) is 23.1 Å². The second kappa shape index (κ2) is 5.56. The minimum absolute atomic E-state index is 0.337. The molecule has 1 fully saturated rings. The monoisotopic (exact) mass is 303 g/mol. The second-order valence-electron chi connectivity index (χ2n) is 7.23. The summed E-state index contributed by atoms with van der Waals surface area (Å²) in [6.07, 6.45) is 7.19. The van der Waals surface area contributed by atoms with Crippen molar-refractivity contribution in [1.82, 2.24) is 4.98 Å². The Kier molecular flexibility index (Phi) is 3.91. The fraction of sp³-hybridized carbons (Fsp3) is 0.647. The Morgan fingerprint density at radius 3 is 2.76 bits per heavy atom. The maximum Gasteiger partial charge on any atom is 0.139 e. The number of pyridine rings is 1. The zero-order chi connectivity index (χ0) is 15.0. The van der Waals surface area contributed by atoms with E-state index in [2.05, 4.69) is 24.8 Å². The maximum absolute atomic E-state index is 5.99. The molecule has 0 unspecified atom stereocenters. The van der Waals surface area contributed by atoms with Crippen LogP contribution >= 0.6 is 12.2 Å². The number of piperidine rings is 1. The number of aryl methyl sites for hydroxylation is 2. The Hall–Kier alpha value is -1.16. The van der Waals surface area contributed by atoms with Crippen molar-refractivity contribution in [1.29, 1.82) is 0 Å². The molecule has 1 aromatic rings. The van der Waals surface area contributed by atoms with E-state index in [4.69, 9.17) is 22.9 Å². The van der Waals surface area contributed by atoms with Crippen LogP contribution in [0.5, 0.6) is 0 Å². The Morgan fingerprint density at radius 2 is 2.05 bits per heavy atom. The van der Waals surface area contributed by atoms with Crippen molar-refractivity contribution in [2.75, 3.05) is 18.0 Å². The molecular formula is C17H25N3S. The lowest BCUT2D eigenvalue weighted by Crippen LogP contribution is -2.41. The first-order valence-corrected chi connectivity index (χ1v) is 8.45. The van der Waals surface area contributed by atoms with Gasteiger partial charge in [0.05, 0.1) is 5.56 Å². The fourth-order valence-electron chi connectivity index (χ4n) is 3.65. The minimum Gasteiger partial charge on any atom is -0.389 e. The average Bonchev–Trinajstić information content (AvgIpc) is 2.44. The molecule has 1 saturated heterocycles. The van der Waals surface area contributed by atoms with Crippen LogP contribution < -0.4 is 10.6 Å². The molecule has 0 amide bonds. The van der Waals surface area contributed by atoms with Crippen LogP contribution in [0.4, 0.5) is 5.82 Å². The lowest BCUT2D eigenvalue weighted by atomic mass is 9.84. The van der Waals surface area contributed by atoms with Crippen molar-refractivity contribution in [3.05, 3.63) is 22.9 Å². The first kappa shape index (κ1) is 14.8. The van der Waals surface area contributed by atoms with Gasteiger partial charge < -0.3 is 10.6 Å². The van der Waals surface area contributed by atoms with Crippen LogP contribution in [0.2, 0.25) is 0 Å². The largest absolute Gasteiger partial charge is 0.389 e. The van der Waals surface area contributed by atoms with Gasteiger partial charge in [-0.3, -0.25) is 0 Å². The van der Waals surface area contributed by atoms with Crippen molar-refractivity contribution in [3.8, 4) is 0 Å². The smallest absolute Gasteiger partial charge is 0.139 e. The summed E-state index contributed by atoms with van der Waals surface area (Å²) in [5.74, 6) is 1.02. The van der Waals surface area contributed by atoms with Gasteiger partial charge in [-0.25, -0.2) is 4.98 Å². The third-order valence-corrected chi connectivity index (χ3v) is 4.97. The van der Waals surface area contributed by atoms with Crippen LogP contribution in [0, 0.1) is 5.41 Å². The van der Waals surface area contributed by atoms with Crippen molar-refractivity contribution < 1.29 is 0 Å². The Balaban J connectivity index is 2.01. The summed E-state index contributed by atoms with van der Waals surface area (Å²) in [7, 11) is 0. The number of fused-ring (bicyclic) bond motifs is 1. The van der Waals surface area contributed by atoms with E-state index in [9.17, 15) is 0 Å². The molecule has 0 radical (unpaired) electrons. The topological polar surface area (TPSA) is 42.2 Å². The number of nitrogens with two attached hydrogens (primary N) is 1. The summed E-state index contributed by atoms with van der Waals surface area (Å²) in [5.41, 5.74) is 9.91. The molecule has 0 bridgehead atoms. The molecule has 2 aliphatic rings. The van der Waals surface area contributed by atoms with Crippen LogP contribution in [-0.2, 0) is 12.8 Å². The molecule has 114 valence electrons. The van der Waals surface area contributed by atoms with Gasteiger partial charge in [0, 0.05) is 18.8 Å². The standard InChI is InChI=1S/C17H25N3S/c1-17(2)8-5-9-20(11-17)16-13(15(18)21)10-12-6-3-4-7-14(12)19-16/h10H,3-9,11H2,1-2H3,(H2,18,21). The lowest BCUT2D eigenvalue weighted by Gasteiger charge is -2.39. The van der Waals surface area contributed by atoms with E-state index in [0.717, 1.165) is 37.3 Å². The molecule has 1 aromatic heterocycles. The first-order valence-electron chi connectivity index (χ1n) is 8.04. The van der Waals surface area contributed by atoms with E-state index in [1.54, 1.807) is 0 Å². The number of aromatic nitrogens is 1. The molecule has 2 heterocycles. The Labute approximate surface area is 132 Å². The molecule has 3 rings (SSSR count). The highest BCUT2D eigenvalue weighted by Gasteiger charge is 2.29. The molecule has 1 aliphatic carbocycles. The number of rotatable bonds is 2. The van der Waals surface area contributed by atoms with Crippen molar-refractivity contribution in [3.63, 3.8) is 0 Å². The van der Waals surface area contributed by atoms with E-state index in [0.29, 0.717) is 10.4 Å².